The van der Waals surface area contributed by atoms with E-state index in [9.17, 15) is 9.59 Å². The molecule has 3 rings (SSSR count). The lowest BCUT2D eigenvalue weighted by atomic mass is 9.99. The lowest BCUT2D eigenvalue weighted by Gasteiger charge is -2.33. The second-order valence-electron chi connectivity index (χ2n) is 6.68. The first kappa shape index (κ1) is 17.9. The number of nitrogens with zero attached hydrogens (tertiary/aromatic N) is 2. The molecule has 2 heterocycles. The maximum atomic E-state index is 12.5. The molecule has 0 spiro atoms. The van der Waals surface area contributed by atoms with E-state index in [0.29, 0.717) is 26.3 Å². The summed E-state index contributed by atoms with van der Waals surface area (Å²) < 4.78 is 10.7. The van der Waals surface area contributed by atoms with Gasteiger partial charge in [-0.1, -0.05) is 24.3 Å². The third-order valence-corrected chi connectivity index (χ3v) is 5.01. The van der Waals surface area contributed by atoms with Crippen molar-refractivity contribution in [1.82, 2.24) is 9.80 Å². The fraction of sp³-hybridized carbons (Fsp3) is 0.579. The van der Waals surface area contributed by atoms with Crippen molar-refractivity contribution in [2.24, 2.45) is 0 Å². The van der Waals surface area contributed by atoms with Gasteiger partial charge in [0.25, 0.3) is 5.91 Å². The highest BCUT2D eigenvalue weighted by Crippen LogP contribution is 2.21. The number of hydrogen-bond donors (Lipinski definition) is 0. The molecule has 0 aliphatic carbocycles. The Morgan fingerprint density at radius 1 is 1.08 bits per heavy atom. The van der Waals surface area contributed by atoms with Gasteiger partial charge in [-0.05, 0) is 31.4 Å². The van der Waals surface area contributed by atoms with Crippen LogP contribution in [0.15, 0.2) is 24.3 Å². The third kappa shape index (κ3) is 4.19. The molecule has 2 aliphatic heterocycles. The average Bonchev–Trinajstić information content (AvgIpc) is 2.67. The summed E-state index contributed by atoms with van der Waals surface area (Å²) in [5.74, 6) is -0.485. The molecule has 0 aromatic heterocycles. The van der Waals surface area contributed by atoms with E-state index >= 15 is 0 Å². The van der Waals surface area contributed by atoms with Crippen LogP contribution in [-0.4, -0.2) is 66.7 Å². The molecule has 136 valence electrons. The summed E-state index contributed by atoms with van der Waals surface area (Å²) in [6.45, 7) is 7.23. The fourth-order valence-corrected chi connectivity index (χ4v) is 3.36. The minimum Gasteiger partial charge on any atom is -0.451 e. The lowest BCUT2D eigenvalue weighted by molar-refractivity contribution is -0.164. The molecule has 1 fully saturated rings. The van der Waals surface area contributed by atoms with Crippen molar-refractivity contribution in [1.29, 1.82) is 0 Å². The molecule has 1 aromatic carbocycles. The smallest absolute Gasteiger partial charge is 0.323 e. The molecule has 1 aromatic rings. The monoisotopic (exact) mass is 346 g/mol. The Morgan fingerprint density at radius 3 is 2.48 bits per heavy atom. The van der Waals surface area contributed by atoms with Gasteiger partial charge in [0.2, 0.25) is 0 Å². The molecule has 6 nitrogen and oxygen atoms in total. The van der Waals surface area contributed by atoms with Crippen LogP contribution in [0.25, 0.3) is 0 Å². The van der Waals surface area contributed by atoms with Gasteiger partial charge in [0.15, 0.2) is 6.10 Å². The van der Waals surface area contributed by atoms with Crippen LogP contribution in [0.1, 0.15) is 25.0 Å². The van der Waals surface area contributed by atoms with Crippen molar-refractivity contribution in [3.8, 4) is 0 Å². The highest BCUT2D eigenvalue weighted by atomic mass is 16.5. The minimum atomic E-state index is -0.759. The van der Waals surface area contributed by atoms with Gasteiger partial charge in [0.1, 0.15) is 6.04 Å². The van der Waals surface area contributed by atoms with Crippen LogP contribution in [0.3, 0.4) is 0 Å². The van der Waals surface area contributed by atoms with Crippen LogP contribution in [0.2, 0.25) is 0 Å². The zero-order valence-corrected chi connectivity index (χ0v) is 14.9. The molecule has 6 heteroatoms. The van der Waals surface area contributed by atoms with Gasteiger partial charge >= 0.3 is 5.97 Å². The Bertz CT molecular complexity index is 628. The Morgan fingerprint density at radius 2 is 1.76 bits per heavy atom. The van der Waals surface area contributed by atoms with Crippen LogP contribution in [0.4, 0.5) is 0 Å². The molecule has 0 unspecified atom stereocenters. The largest absolute Gasteiger partial charge is 0.451 e. The molecule has 25 heavy (non-hydrogen) atoms. The van der Waals surface area contributed by atoms with Gasteiger partial charge < -0.3 is 14.4 Å². The highest BCUT2D eigenvalue weighted by molar-refractivity contribution is 5.84. The standard InChI is InChI=1S/C19H26N2O4/c1-14(21-8-7-16-5-3-4-6-17(16)13-21)19(23)25-15(2)18(22)20-9-11-24-12-10-20/h3-6,14-15H,7-13H2,1-2H3/t14-,15-/m0/s1. The summed E-state index contributed by atoms with van der Waals surface area (Å²) in [6.07, 6.45) is 0.168. The van der Waals surface area contributed by atoms with Crippen molar-refractivity contribution in [3.05, 3.63) is 35.4 Å². The molecule has 2 atom stereocenters. The summed E-state index contributed by atoms with van der Waals surface area (Å²) in [4.78, 5) is 28.7. The molecule has 0 radical (unpaired) electrons. The zero-order valence-electron chi connectivity index (χ0n) is 14.9. The van der Waals surface area contributed by atoms with E-state index in [1.807, 2.05) is 19.1 Å². The van der Waals surface area contributed by atoms with Crippen molar-refractivity contribution in [2.75, 3.05) is 32.8 Å². The van der Waals surface area contributed by atoms with Crippen LogP contribution in [-0.2, 0) is 32.0 Å². The number of esters is 1. The third-order valence-electron chi connectivity index (χ3n) is 5.01. The van der Waals surface area contributed by atoms with E-state index in [1.165, 1.54) is 11.1 Å². The van der Waals surface area contributed by atoms with E-state index in [-0.39, 0.29) is 17.9 Å². The van der Waals surface area contributed by atoms with E-state index in [2.05, 4.69) is 17.0 Å². The van der Waals surface area contributed by atoms with E-state index in [4.69, 9.17) is 9.47 Å². The Labute approximate surface area is 148 Å². The number of amides is 1. The van der Waals surface area contributed by atoms with Crippen LogP contribution in [0.5, 0.6) is 0 Å². The normalized spacial score (nSPS) is 20.5. The van der Waals surface area contributed by atoms with E-state index < -0.39 is 6.10 Å². The van der Waals surface area contributed by atoms with Gasteiger partial charge in [-0.25, -0.2) is 0 Å². The van der Waals surface area contributed by atoms with Crippen molar-refractivity contribution in [3.63, 3.8) is 0 Å². The number of hydrogen-bond acceptors (Lipinski definition) is 5. The molecule has 0 N–H and O–H groups in total. The molecule has 1 amide bonds. The van der Waals surface area contributed by atoms with Crippen LogP contribution >= 0.6 is 0 Å². The number of morpholine rings is 1. The fourth-order valence-electron chi connectivity index (χ4n) is 3.36. The van der Waals surface area contributed by atoms with Crippen LogP contribution < -0.4 is 0 Å². The maximum absolute atomic E-state index is 12.5. The molecule has 2 aliphatic rings. The first-order valence-corrected chi connectivity index (χ1v) is 8.94. The van der Waals surface area contributed by atoms with Crippen molar-refractivity contribution >= 4 is 11.9 Å². The summed E-state index contributed by atoms with van der Waals surface area (Å²) in [5, 5.41) is 0. The quantitative estimate of drug-likeness (QED) is 0.768. The average molecular weight is 346 g/mol. The number of carbonyl (C=O) groups is 2. The zero-order chi connectivity index (χ0) is 17.8. The Kier molecular flexibility index (Phi) is 5.71. The number of rotatable bonds is 4. The Hall–Kier alpha value is -1.92. The number of benzene rings is 1. The van der Waals surface area contributed by atoms with Crippen molar-refractivity contribution < 1.29 is 19.1 Å². The first-order chi connectivity index (χ1) is 12.1. The number of carbonyl (C=O) groups excluding carboxylic acids is 2. The summed E-state index contributed by atoms with van der Waals surface area (Å²) in [7, 11) is 0. The molecular weight excluding hydrogens is 320 g/mol. The molecule has 0 bridgehead atoms. The number of ether oxygens (including phenoxy) is 2. The van der Waals surface area contributed by atoms with Gasteiger partial charge in [-0.2, -0.15) is 0 Å². The maximum Gasteiger partial charge on any atom is 0.323 e. The van der Waals surface area contributed by atoms with E-state index in [1.54, 1.807) is 11.8 Å². The molecule has 1 saturated heterocycles. The van der Waals surface area contributed by atoms with Gasteiger partial charge in [-0.3, -0.25) is 14.5 Å². The van der Waals surface area contributed by atoms with Crippen LogP contribution in [0, 0.1) is 0 Å². The van der Waals surface area contributed by atoms with Gasteiger partial charge in [0, 0.05) is 26.2 Å². The van der Waals surface area contributed by atoms with E-state index in [0.717, 1.165) is 19.5 Å². The lowest BCUT2D eigenvalue weighted by Crippen LogP contribution is -2.48. The Balaban J connectivity index is 1.54. The number of fused-ring (bicyclic) bond motifs is 1. The van der Waals surface area contributed by atoms with Crippen molar-refractivity contribution in [2.45, 2.75) is 39.0 Å². The SMILES string of the molecule is C[C@H](OC(=O)[C@H](C)N1CCc2ccccc2C1)C(=O)N1CCOCC1. The molecular formula is C19H26N2O4. The highest BCUT2D eigenvalue weighted by Gasteiger charge is 2.30. The second kappa shape index (κ2) is 7.97. The first-order valence-electron chi connectivity index (χ1n) is 8.94. The minimum absolute atomic E-state index is 0.146. The second-order valence-corrected chi connectivity index (χ2v) is 6.68. The summed E-state index contributed by atoms with van der Waals surface area (Å²) in [6, 6.07) is 7.94. The summed E-state index contributed by atoms with van der Waals surface area (Å²) >= 11 is 0. The summed E-state index contributed by atoms with van der Waals surface area (Å²) in [5.41, 5.74) is 2.60. The van der Waals surface area contributed by atoms with Gasteiger partial charge in [-0.15, -0.1) is 0 Å². The molecule has 0 saturated carbocycles. The van der Waals surface area contributed by atoms with Gasteiger partial charge in [0.05, 0.1) is 13.2 Å². The predicted molar refractivity (Wildman–Crippen MR) is 93.0 cm³/mol. The topological polar surface area (TPSA) is 59.1 Å². The predicted octanol–water partition coefficient (Wildman–Crippen LogP) is 1.22.